The number of hydrogen-bond acceptors (Lipinski definition) is 3. The average molecular weight is 248 g/mol. The van der Waals surface area contributed by atoms with Crippen LogP contribution in [0.15, 0.2) is 18.5 Å². The first-order valence-corrected chi connectivity index (χ1v) is 6.52. The molecule has 1 N–H and O–H groups in total. The van der Waals surface area contributed by atoms with E-state index in [0.29, 0.717) is 11.5 Å². The molecule has 98 valence electrons. The van der Waals surface area contributed by atoms with E-state index in [1.54, 1.807) is 12.3 Å². The minimum absolute atomic E-state index is 0.355. The maximum Gasteiger partial charge on any atom is 0.337 e. The van der Waals surface area contributed by atoms with Crippen LogP contribution in [0.5, 0.6) is 0 Å². The van der Waals surface area contributed by atoms with Crippen molar-refractivity contribution >= 4 is 11.7 Å². The molecule has 1 fully saturated rings. The summed E-state index contributed by atoms with van der Waals surface area (Å²) in [5.74, 6) is 0.588. The molecule has 0 aromatic carbocycles. The number of aromatic carboxylic acids is 1. The molecule has 4 nitrogen and oxygen atoms in total. The Labute approximate surface area is 108 Å². The summed E-state index contributed by atoms with van der Waals surface area (Å²) in [7, 11) is 0. The molecule has 1 aromatic rings. The van der Waals surface area contributed by atoms with Crippen LogP contribution in [0.25, 0.3) is 0 Å². The number of aromatic nitrogens is 1. The quantitative estimate of drug-likeness (QED) is 0.893. The molecule has 0 unspecified atom stereocenters. The zero-order chi connectivity index (χ0) is 13.1. The SMILES string of the molecule is CC(C)C1CCN(c2cnccc2C(=O)O)CC1. The number of piperidine rings is 1. The van der Waals surface area contributed by atoms with Gasteiger partial charge in [0.2, 0.25) is 0 Å². The van der Waals surface area contributed by atoms with Crippen LogP contribution in [0.3, 0.4) is 0 Å². The van der Waals surface area contributed by atoms with E-state index in [9.17, 15) is 9.90 Å². The number of anilines is 1. The molecule has 1 saturated heterocycles. The number of pyridine rings is 1. The smallest absolute Gasteiger partial charge is 0.337 e. The molecular formula is C14H20N2O2. The highest BCUT2D eigenvalue weighted by molar-refractivity contribution is 5.94. The summed E-state index contributed by atoms with van der Waals surface area (Å²) in [6.07, 6.45) is 5.46. The zero-order valence-electron chi connectivity index (χ0n) is 11.0. The Morgan fingerprint density at radius 1 is 1.44 bits per heavy atom. The lowest BCUT2D eigenvalue weighted by Gasteiger charge is -2.35. The van der Waals surface area contributed by atoms with Crippen LogP contribution in [-0.4, -0.2) is 29.1 Å². The second-order valence-corrected chi connectivity index (χ2v) is 5.27. The van der Waals surface area contributed by atoms with Crippen molar-refractivity contribution in [2.24, 2.45) is 11.8 Å². The molecule has 0 atom stereocenters. The summed E-state index contributed by atoms with van der Waals surface area (Å²) in [5.41, 5.74) is 1.11. The van der Waals surface area contributed by atoms with Crippen LogP contribution < -0.4 is 4.90 Å². The maximum absolute atomic E-state index is 11.2. The largest absolute Gasteiger partial charge is 0.478 e. The van der Waals surface area contributed by atoms with Crippen molar-refractivity contribution in [3.8, 4) is 0 Å². The number of hydrogen-bond donors (Lipinski definition) is 1. The molecule has 1 aromatic heterocycles. The molecule has 0 bridgehead atoms. The van der Waals surface area contributed by atoms with Crippen LogP contribution in [0.2, 0.25) is 0 Å². The third-order valence-electron chi connectivity index (χ3n) is 3.85. The molecule has 0 amide bonds. The summed E-state index contributed by atoms with van der Waals surface area (Å²) >= 11 is 0. The minimum atomic E-state index is -0.876. The molecular weight excluding hydrogens is 228 g/mol. The van der Waals surface area contributed by atoms with Crippen molar-refractivity contribution in [1.29, 1.82) is 0 Å². The molecule has 0 radical (unpaired) electrons. The fourth-order valence-corrected chi connectivity index (χ4v) is 2.63. The van der Waals surface area contributed by atoms with E-state index >= 15 is 0 Å². The zero-order valence-corrected chi connectivity index (χ0v) is 11.0. The van der Waals surface area contributed by atoms with Crippen molar-refractivity contribution in [2.45, 2.75) is 26.7 Å². The van der Waals surface area contributed by atoms with Gasteiger partial charge in [0.1, 0.15) is 0 Å². The first-order chi connectivity index (χ1) is 8.59. The van der Waals surface area contributed by atoms with Crippen molar-refractivity contribution in [2.75, 3.05) is 18.0 Å². The lowest BCUT2D eigenvalue weighted by molar-refractivity contribution is 0.0697. The molecule has 0 aliphatic carbocycles. The number of carbonyl (C=O) groups is 1. The third kappa shape index (κ3) is 2.63. The van der Waals surface area contributed by atoms with Gasteiger partial charge in [0.05, 0.1) is 17.4 Å². The lowest BCUT2D eigenvalue weighted by Crippen LogP contribution is -2.36. The Kier molecular flexibility index (Phi) is 3.84. The van der Waals surface area contributed by atoms with Crippen molar-refractivity contribution in [1.82, 2.24) is 4.98 Å². The maximum atomic E-state index is 11.2. The van der Waals surface area contributed by atoms with Gasteiger partial charge in [0.25, 0.3) is 0 Å². The molecule has 2 heterocycles. The molecule has 18 heavy (non-hydrogen) atoms. The average Bonchev–Trinajstić information content (AvgIpc) is 2.39. The first kappa shape index (κ1) is 12.9. The van der Waals surface area contributed by atoms with Crippen LogP contribution in [0.4, 0.5) is 5.69 Å². The fourth-order valence-electron chi connectivity index (χ4n) is 2.63. The standard InChI is InChI=1S/C14H20N2O2/c1-10(2)11-4-7-16(8-5-11)13-9-15-6-3-12(13)14(17)18/h3,6,9-11H,4-5,7-8H2,1-2H3,(H,17,18). The summed E-state index contributed by atoms with van der Waals surface area (Å²) < 4.78 is 0. The number of rotatable bonds is 3. The van der Waals surface area contributed by atoms with Crippen LogP contribution in [-0.2, 0) is 0 Å². The summed E-state index contributed by atoms with van der Waals surface area (Å²) in [6, 6.07) is 1.58. The molecule has 0 spiro atoms. The van der Waals surface area contributed by atoms with E-state index in [4.69, 9.17) is 0 Å². The van der Waals surface area contributed by atoms with Gasteiger partial charge in [-0.15, -0.1) is 0 Å². The Hall–Kier alpha value is -1.58. The number of nitrogens with zero attached hydrogens (tertiary/aromatic N) is 2. The van der Waals surface area contributed by atoms with E-state index in [-0.39, 0.29) is 0 Å². The van der Waals surface area contributed by atoms with E-state index in [1.807, 2.05) is 0 Å². The molecule has 2 rings (SSSR count). The summed E-state index contributed by atoms with van der Waals surface area (Å²) in [5, 5.41) is 9.18. The Balaban J connectivity index is 2.12. The van der Waals surface area contributed by atoms with Gasteiger partial charge < -0.3 is 10.0 Å². The van der Waals surface area contributed by atoms with Crippen molar-refractivity contribution in [3.63, 3.8) is 0 Å². The number of carboxylic acids is 1. The summed E-state index contributed by atoms with van der Waals surface area (Å²) in [4.78, 5) is 17.4. The summed E-state index contributed by atoms with van der Waals surface area (Å²) in [6.45, 7) is 6.36. The van der Waals surface area contributed by atoms with Crippen LogP contribution >= 0.6 is 0 Å². The Morgan fingerprint density at radius 2 is 2.11 bits per heavy atom. The van der Waals surface area contributed by atoms with E-state index in [1.165, 1.54) is 6.20 Å². The van der Waals surface area contributed by atoms with Crippen molar-refractivity contribution in [3.05, 3.63) is 24.0 Å². The van der Waals surface area contributed by atoms with E-state index < -0.39 is 5.97 Å². The van der Waals surface area contributed by atoms with Gasteiger partial charge >= 0.3 is 5.97 Å². The highest BCUT2D eigenvalue weighted by Crippen LogP contribution is 2.29. The Morgan fingerprint density at radius 3 is 2.67 bits per heavy atom. The highest BCUT2D eigenvalue weighted by atomic mass is 16.4. The first-order valence-electron chi connectivity index (χ1n) is 6.52. The minimum Gasteiger partial charge on any atom is -0.478 e. The van der Waals surface area contributed by atoms with Crippen molar-refractivity contribution < 1.29 is 9.90 Å². The van der Waals surface area contributed by atoms with Crippen LogP contribution in [0, 0.1) is 11.8 Å². The number of carboxylic acid groups (broad SMARTS) is 1. The predicted molar refractivity (Wildman–Crippen MR) is 71.0 cm³/mol. The van der Waals surface area contributed by atoms with Gasteiger partial charge in [-0.1, -0.05) is 13.8 Å². The van der Waals surface area contributed by atoms with Gasteiger partial charge in [0, 0.05) is 19.3 Å². The third-order valence-corrected chi connectivity index (χ3v) is 3.85. The molecule has 1 aliphatic rings. The van der Waals surface area contributed by atoms with E-state index in [0.717, 1.165) is 37.5 Å². The second-order valence-electron chi connectivity index (χ2n) is 5.27. The van der Waals surface area contributed by atoms with Gasteiger partial charge in [-0.25, -0.2) is 4.79 Å². The van der Waals surface area contributed by atoms with E-state index in [2.05, 4.69) is 23.7 Å². The molecule has 0 saturated carbocycles. The normalized spacial score (nSPS) is 17.2. The highest BCUT2D eigenvalue weighted by Gasteiger charge is 2.24. The van der Waals surface area contributed by atoms with Gasteiger partial charge in [0.15, 0.2) is 0 Å². The Bertz CT molecular complexity index is 424. The lowest BCUT2D eigenvalue weighted by atomic mass is 9.86. The predicted octanol–water partition coefficient (Wildman–Crippen LogP) is 2.65. The van der Waals surface area contributed by atoms with Crippen LogP contribution in [0.1, 0.15) is 37.0 Å². The topological polar surface area (TPSA) is 53.4 Å². The van der Waals surface area contributed by atoms with Gasteiger partial charge in [-0.05, 0) is 30.7 Å². The fraction of sp³-hybridized carbons (Fsp3) is 0.571. The van der Waals surface area contributed by atoms with Gasteiger partial charge in [-0.2, -0.15) is 0 Å². The molecule has 4 heteroatoms. The second kappa shape index (κ2) is 5.38. The molecule has 1 aliphatic heterocycles. The monoisotopic (exact) mass is 248 g/mol. The van der Waals surface area contributed by atoms with Gasteiger partial charge in [-0.3, -0.25) is 4.98 Å².